The Kier molecular flexibility index (Phi) is 5.77. The van der Waals surface area contributed by atoms with E-state index in [1.54, 1.807) is 17.4 Å². The zero-order valence-corrected chi connectivity index (χ0v) is 19.1. The molecule has 0 spiro atoms. The molecule has 0 unspecified atom stereocenters. The summed E-state index contributed by atoms with van der Waals surface area (Å²) in [6.07, 6.45) is 0. The third kappa shape index (κ3) is 4.25. The van der Waals surface area contributed by atoms with Crippen LogP contribution in [-0.2, 0) is 14.3 Å². The maximum absolute atomic E-state index is 11.3. The number of methoxy groups -OCH3 is 1. The molecule has 1 aromatic heterocycles. The fraction of sp³-hybridized carbons (Fsp3) is 0.111. The summed E-state index contributed by atoms with van der Waals surface area (Å²) in [5, 5.41) is 13.2. The highest BCUT2D eigenvalue weighted by Gasteiger charge is 2.13. The molecular weight excluding hydrogens is 452 g/mol. The molecule has 0 aliphatic heterocycles. The van der Waals surface area contributed by atoms with E-state index in [4.69, 9.17) is 14.6 Å². The Hall–Kier alpha value is -4.10. The van der Waals surface area contributed by atoms with Crippen molar-refractivity contribution in [3.63, 3.8) is 0 Å². The number of thiophene rings is 1. The Bertz CT molecular complexity index is 1530. The molecule has 0 aliphatic carbocycles. The summed E-state index contributed by atoms with van der Waals surface area (Å²) in [6, 6.07) is 23.8. The molecular formula is C27H20O6S. The van der Waals surface area contributed by atoms with Crippen LogP contribution < -0.4 is 9.47 Å². The Morgan fingerprint density at radius 2 is 1.59 bits per heavy atom. The maximum atomic E-state index is 11.3. The molecule has 6 nitrogen and oxygen atoms in total. The highest BCUT2D eigenvalue weighted by Crippen LogP contribution is 2.42. The molecule has 4 aromatic carbocycles. The van der Waals surface area contributed by atoms with Gasteiger partial charge in [0.15, 0.2) is 13.2 Å². The van der Waals surface area contributed by atoms with Gasteiger partial charge in [-0.2, -0.15) is 0 Å². The number of hydrogen-bond donors (Lipinski definition) is 1. The molecule has 0 saturated carbocycles. The SMILES string of the molecule is COC(=O)COc1ccc(-c2cccc3sc4cc5cc(OCC(=O)O)ccc5cc4c23)cc1. The van der Waals surface area contributed by atoms with E-state index < -0.39 is 11.9 Å². The number of hydrogen-bond acceptors (Lipinski definition) is 6. The van der Waals surface area contributed by atoms with Crippen LogP contribution >= 0.6 is 11.3 Å². The maximum Gasteiger partial charge on any atom is 0.343 e. The largest absolute Gasteiger partial charge is 0.482 e. The van der Waals surface area contributed by atoms with E-state index in [-0.39, 0.29) is 13.2 Å². The average Bonchev–Trinajstić information content (AvgIpc) is 3.22. The summed E-state index contributed by atoms with van der Waals surface area (Å²) in [5.41, 5.74) is 2.16. The molecule has 170 valence electrons. The highest BCUT2D eigenvalue weighted by atomic mass is 32.1. The van der Waals surface area contributed by atoms with Gasteiger partial charge in [-0.15, -0.1) is 11.3 Å². The molecule has 0 saturated heterocycles. The molecule has 0 bridgehead atoms. The topological polar surface area (TPSA) is 82.1 Å². The van der Waals surface area contributed by atoms with Crippen LogP contribution in [0.1, 0.15) is 0 Å². The summed E-state index contributed by atoms with van der Waals surface area (Å²) in [7, 11) is 1.33. The quantitative estimate of drug-likeness (QED) is 0.298. The molecule has 0 atom stereocenters. The molecule has 5 aromatic rings. The van der Waals surface area contributed by atoms with Crippen LogP contribution in [0.4, 0.5) is 0 Å². The van der Waals surface area contributed by atoms with Crippen molar-refractivity contribution in [1.29, 1.82) is 0 Å². The number of carbonyl (C=O) groups is 2. The molecule has 0 fully saturated rings. The van der Waals surface area contributed by atoms with Crippen LogP contribution in [0.15, 0.2) is 72.8 Å². The predicted molar refractivity (Wildman–Crippen MR) is 133 cm³/mol. The van der Waals surface area contributed by atoms with Crippen LogP contribution in [0.5, 0.6) is 11.5 Å². The van der Waals surface area contributed by atoms with Gasteiger partial charge in [-0.1, -0.05) is 30.3 Å². The fourth-order valence-electron chi connectivity index (χ4n) is 3.95. The average molecular weight is 473 g/mol. The molecule has 5 rings (SSSR count). The minimum Gasteiger partial charge on any atom is -0.482 e. The summed E-state index contributed by atoms with van der Waals surface area (Å²) >= 11 is 1.72. The number of carbonyl (C=O) groups excluding carboxylic acids is 1. The third-order valence-electron chi connectivity index (χ3n) is 5.54. The van der Waals surface area contributed by atoms with E-state index in [1.807, 2.05) is 42.5 Å². The van der Waals surface area contributed by atoms with Crippen molar-refractivity contribution in [1.82, 2.24) is 0 Å². The number of rotatable bonds is 7. The first-order valence-corrected chi connectivity index (χ1v) is 11.4. The molecule has 0 amide bonds. The van der Waals surface area contributed by atoms with E-state index in [0.29, 0.717) is 11.5 Å². The lowest BCUT2D eigenvalue weighted by atomic mass is 9.98. The Balaban J connectivity index is 1.54. The number of benzene rings is 4. The summed E-state index contributed by atoms with van der Waals surface area (Å²) in [6.45, 7) is -0.497. The first kappa shape index (κ1) is 21.7. The summed E-state index contributed by atoms with van der Waals surface area (Å²) < 4.78 is 17.7. The molecule has 7 heteroatoms. The smallest absolute Gasteiger partial charge is 0.343 e. The molecule has 1 heterocycles. The van der Waals surface area contributed by atoms with Gasteiger partial charge >= 0.3 is 11.9 Å². The van der Waals surface area contributed by atoms with E-state index in [2.05, 4.69) is 29.0 Å². The summed E-state index contributed by atoms with van der Waals surface area (Å²) in [5.74, 6) is -0.295. The van der Waals surface area contributed by atoms with Crippen molar-refractivity contribution < 1.29 is 28.9 Å². The fourth-order valence-corrected chi connectivity index (χ4v) is 5.12. The van der Waals surface area contributed by atoms with Gasteiger partial charge in [0.1, 0.15) is 11.5 Å². The van der Waals surface area contributed by atoms with Gasteiger partial charge in [-0.3, -0.25) is 0 Å². The minimum absolute atomic E-state index is 0.128. The van der Waals surface area contributed by atoms with Crippen molar-refractivity contribution in [3.8, 4) is 22.6 Å². The van der Waals surface area contributed by atoms with E-state index in [1.165, 1.54) is 17.2 Å². The van der Waals surface area contributed by atoms with Crippen LogP contribution in [0.25, 0.3) is 42.1 Å². The zero-order valence-electron chi connectivity index (χ0n) is 18.2. The molecule has 0 aliphatic rings. The number of fused-ring (bicyclic) bond motifs is 4. The monoisotopic (exact) mass is 472 g/mol. The van der Waals surface area contributed by atoms with Crippen molar-refractivity contribution >= 4 is 54.2 Å². The highest BCUT2D eigenvalue weighted by molar-refractivity contribution is 7.26. The second-order valence-corrected chi connectivity index (χ2v) is 8.79. The minimum atomic E-state index is -1.00. The Morgan fingerprint density at radius 3 is 2.35 bits per heavy atom. The molecule has 1 N–H and O–H groups in total. The van der Waals surface area contributed by atoms with Crippen molar-refractivity contribution in [3.05, 3.63) is 72.8 Å². The number of aliphatic carboxylic acids is 1. The first-order valence-electron chi connectivity index (χ1n) is 10.6. The van der Waals surface area contributed by atoms with Crippen molar-refractivity contribution in [2.75, 3.05) is 20.3 Å². The first-order chi connectivity index (χ1) is 16.5. The van der Waals surface area contributed by atoms with Gasteiger partial charge in [0.05, 0.1) is 7.11 Å². The van der Waals surface area contributed by atoms with Gasteiger partial charge < -0.3 is 19.3 Å². The number of carboxylic acid groups (broad SMARTS) is 1. The van der Waals surface area contributed by atoms with Crippen molar-refractivity contribution in [2.45, 2.75) is 0 Å². The second kappa shape index (κ2) is 9.03. The number of carboxylic acids is 1. The van der Waals surface area contributed by atoms with Crippen LogP contribution in [0.2, 0.25) is 0 Å². The van der Waals surface area contributed by atoms with Crippen LogP contribution in [0, 0.1) is 0 Å². The Morgan fingerprint density at radius 1 is 0.824 bits per heavy atom. The van der Waals surface area contributed by atoms with Gasteiger partial charge in [0.2, 0.25) is 0 Å². The van der Waals surface area contributed by atoms with Gasteiger partial charge in [0.25, 0.3) is 0 Å². The van der Waals surface area contributed by atoms with Gasteiger partial charge in [-0.25, -0.2) is 9.59 Å². The lowest BCUT2D eigenvalue weighted by Gasteiger charge is -2.08. The standard InChI is InChI=1S/C27H20O6S/c1-31-26(30)15-33-19-8-5-16(6-9-19)21-3-2-4-23-27(21)22-12-17-7-10-20(32-14-25(28)29)11-18(17)13-24(22)34-23/h2-13H,14-15H2,1H3,(H,28,29). The molecule has 0 radical (unpaired) electrons. The third-order valence-corrected chi connectivity index (χ3v) is 6.66. The van der Waals surface area contributed by atoms with Crippen LogP contribution in [0.3, 0.4) is 0 Å². The molecule has 34 heavy (non-hydrogen) atoms. The van der Waals surface area contributed by atoms with E-state index in [9.17, 15) is 9.59 Å². The zero-order chi connectivity index (χ0) is 23.7. The van der Waals surface area contributed by atoms with Crippen LogP contribution in [-0.4, -0.2) is 37.4 Å². The number of esters is 1. The predicted octanol–water partition coefficient (Wildman–Crippen LogP) is 5.89. The van der Waals surface area contributed by atoms with E-state index >= 15 is 0 Å². The van der Waals surface area contributed by atoms with E-state index in [0.717, 1.165) is 32.0 Å². The lowest BCUT2D eigenvalue weighted by molar-refractivity contribution is -0.143. The normalized spacial score (nSPS) is 11.1. The number of ether oxygens (including phenoxy) is 3. The summed E-state index contributed by atoms with van der Waals surface area (Å²) in [4.78, 5) is 22.1. The van der Waals surface area contributed by atoms with Crippen molar-refractivity contribution in [2.24, 2.45) is 0 Å². The second-order valence-electron chi connectivity index (χ2n) is 7.71. The Labute approximate surface area is 198 Å². The van der Waals surface area contributed by atoms with Gasteiger partial charge in [-0.05, 0) is 64.4 Å². The lowest BCUT2D eigenvalue weighted by Crippen LogP contribution is -2.12. The van der Waals surface area contributed by atoms with Gasteiger partial charge in [0, 0.05) is 20.2 Å².